The van der Waals surface area contributed by atoms with Crippen molar-refractivity contribution in [2.24, 2.45) is 0 Å². The van der Waals surface area contributed by atoms with Crippen molar-refractivity contribution in [1.29, 1.82) is 0 Å². The largest absolute Gasteiger partial charge is 0.490 e. The molecule has 0 bridgehead atoms. The van der Waals surface area contributed by atoms with E-state index < -0.39 is 5.85 Å². The van der Waals surface area contributed by atoms with Gasteiger partial charge in [-0.05, 0) is 25.1 Å². The Morgan fingerprint density at radius 2 is 2.32 bits per heavy atom. The third-order valence-electron chi connectivity index (χ3n) is 5.04. The van der Waals surface area contributed by atoms with Crippen LogP contribution in [-0.4, -0.2) is 48.5 Å². The van der Waals surface area contributed by atoms with Crippen LogP contribution in [0.5, 0.6) is 5.75 Å². The van der Waals surface area contributed by atoms with Crippen molar-refractivity contribution in [2.75, 3.05) is 26.2 Å². The van der Waals surface area contributed by atoms with E-state index >= 15 is 0 Å². The van der Waals surface area contributed by atoms with Gasteiger partial charge in [0.25, 0.3) is 5.85 Å². The molecule has 3 heterocycles. The van der Waals surface area contributed by atoms with Crippen molar-refractivity contribution in [2.45, 2.75) is 18.8 Å². The Labute approximate surface area is 164 Å². The van der Waals surface area contributed by atoms with Crippen LogP contribution in [0.3, 0.4) is 0 Å². The monoisotopic (exact) mass is 380 g/mol. The third kappa shape index (κ3) is 3.58. The van der Waals surface area contributed by atoms with Crippen LogP contribution in [0.15, 0.2) is 60.8 Å². The van der Waals surface area contributed by atoms with Crippen LogP contribution >= 0.6 is 0 Å². The predicted molar refractivity (Wildman–Crippen MR) is 104 cm³/mol. The van der Waals surface area contributed by atoms with Gasteiger partial charge in [-0.25, -0.2) is 4.90 Å². The molecule has 28 heavy (non-hydrogen) atoms. The lowest BCUT2D eigenvalue weighted by Gasteiger charge is -2.47. The van der Waals surface area contributed by atoms with Crippen molar-refractivity contribution in [1.82, 2.24) is 20.5 Å². The number of aromatic nitrogens is 1. The molecule has 0 amide bonds. The number of carbonyl (C=O) groups is 1. The molecule has 1 aromatic carbocycles. The van der Waals surface area contributed by atoms with Gasteiger partial charge in [-0.1, -0.05) is 23.8 Å². The van der Waals surface area contributed by atoms with Gasteiger partial charge in [0.1, 0.15) is 24.3 Å². The second-order valence-corrected chi connectivity index (χ2v) is 7.00. The maximum atomic E-state index is 11.4. The molecular formula is C21H24N4O3. The zero-order valence-corrected chi connectivity index (χ0v) is 15.8. The average Bonchev–Trinajstić information content (AvgIpc) is 3.19. The first-order valence-electron chi connectivity index (χ1n) is 9.40. The van der Waals surface area contributed by atoms with Gasteiger partial charge < -0.3 is 20.1 Å². The van der Waals surface area contributed by atoms with Gasteiger partial charge in [-0.3, -0.25) is 9.78 Å². The van der Waals surface area contributed by atoms with E-state index in [1.165, 1.54) is 6.26 Å². The zero-order chi connectivity index (χ0) is 19.4. The molecule has 2 aliphatic heterocycles. The van der Waals surface area contributed by atoms with E-state index in [4.69, 9.17) is 9.47 Å². The summed E-state index contributed by atoms with van der Waals surface area (Å²) in [6.45, 7) is 4.81. The average molecular weight is 380 g/mol. The molecule has 0 aliphatic carbocycles. The molecule has 146 valence electrons. The second-order valence-electron chi connectivity index (χ2n) is 7.00. The maximum Gasteiger partial charge on any atom is 0.268 e. The number of pyridine rings is 1. The van der Waals surface area contributed by atoms with E-state index in [-0.39, 0.29) is 6.04 Å². The number of hydrogen-bond acceptors (Lipinski definition) is 7. The summed E-state index contributed by atoms with van der Waals surface area (Å²) in [6, 6.07) is 11.9. The Morgan fingerprint density at radius 3 is 3.07 bits per heavy atom. The number of piperazine rings is 1. The Bertz CT molecular complexity index is 858. The number of allylic oxidation sites excluding steroid dienone is 1. The summed E-state index contributed by atoms with van der Waals surface area (Å²) in [5.41, 5.74) is 2.50. The zero-order valence-electron chi connectivity index (χ0n) is 15.8. The van der Waals surface area contributed by atoms with Gasteiger partial charge in [0, 0.05) is 31.4 Å². The van der Waals surface area contributed by atoms with E-state index in [1.807, 2.05) is 37.3 Å². The topological polar surface area (TPSA) is 75.7 Å². The minimum atomic E-state index is -0.937. The van der Waals surface area contributed by atoms with Gasteiger partial charge in [0.2, 0.25) is 0 Å². The van der Waals surface area contributed by atoms with Crippen molar-refractivity contribution < 1.29 is 14.3 Å². The highest BCUT2D eigenvalue weighted by Crippen LogP contribution is 2.35. The molecule has 2 N–H and O–H groups in total. The van der Waals surface area contributed by atoms with Crippen LogP contribution in [-0.2, 0) is 15.4 Å². The number of aryl methyl sites for hydroxylation is 1. The summed E-state index contributed by atoms with van der Waals surface area (Å²) in [5, 5.41) is 6.72. The molecule has 7 heteroatoms. The molecule has 1 saturated heterocycles. The van der Waals surface area contributed by atoms with Crippen molar-refractivity contribution in [3.63, 3.8) is 0 Å². The molecule has 2 aromatic rings. The Hall–Kier alpha value is -2.90. The Balaban J connectivity index is 1.63. The van der Waals surface area contributed by atoms with E-state index in [9.17, 15) is 4.79 Å². The number of benzene rings is 1. The number of hydrogen-bond donors (Lipinski definition) is 2. The van der Waals surface area contributed by atoms with Gasteiger partial charge >= 0.3 is 0 Å². The summed E-state index contributed by atoms with van der Waals surface area (Å²) in [5.74, 6) is -0.211. The summed E-state index contributed by atoms with van der Waals surface area (Å²) in [4.78, 5) is 17.7. The number of ether oxygens (including phenoxy) is 2. The third-order valence-corrected chi connectivity index (χ3v) is 5.04. The van der Waals surface area contributed by atoms with E-state index in [1.54, 1.807) is 12.4 Å². The number of nitrogens with one attached hydrogen (secondary N) is 2. The quantitative estimate of drug-likeness (QED) is 0.736. The van der Waals surface area contributed by atoms with Crippen molar-refractivity contribution >= 4 is 6.29 Å². The molecule has 7 nitrogen and oxygen atoms in total. The van der Waals surface area contributed by atoms with Gasteiger partial charge in [0.15, 0.2) is 6.29 Å². The predicted octanol–water partition coefficient (Wildman–Crippen LogP) is 1.51. The fraction of sp³-hybridized carbons (Fsp3) is 0.333. The van der Waals surface area contributed by atoms with Crippen LogP contribution in [0.1, 0.15) is 11.1 Å². The molecule has 0 saturated carbocycles. The van der Waals surface area contributed by atoms with Crippen LogP contribution in [0.2, 0.25) is 0 Å². The lowest BCUT2D eigenvalue weighted by molar-refractivity contribution is -0.156. The number of nitrogens with zero attached hydrogens (tertiary/aromatic N) is 2. The van der Waals surface area contributed by atoms with Crippen molar-refractivity contribution in [3.05, 3.63) is 71.9 Å². The van der Waals surface area contributed by atoms with Crippen LogP contribution in [0.4, 0.5) is 0 Å². The van der Waals surface area contributed by atoms with Crippen molar-refractivity contribution in [3.8, 4) is 5.75 Å². The highest BCUT2D eigenvalue weighted by atomic mass is 16.5. The number of carbonyl (C=O) groups excluding carboxylic acids is 1. The standard InChI is InChI=1S/C21H24N4O3/c1-16-4-2-5-17(10-16)21(24-18(13-26)14-28-21)25-9-8-23-11-19(25)15-27-20-6-3-7-22-12-20/h2-7,10,12-14,19,23-24H,8-9,11,15H2,1H3. The van der Waals surface area contributed by atoms with E-state index in [0.29, 0.717) is 12.3 Å². The molecular weight excluding hydrogens is 356 g/mol. The maximum absolute atomic E-state index is 11.4. The first kappa shape index (κ1) is 18.5. The molecule has 4 rings (SSSR count). The molecule has 1 aromatic heterocycles. The summed E-state index contributed by atoms with van der Waals surface area (Å²) in [7, 11) is 0. The minimum Gasteiger partial charge on any atom is -0.490 e. The van der Waals surface area contributed by atoms with Crippen LogP contribution in [0.25, 0.3) is 0 Å². The molecule has 1 fully saturated rings. The SMILES string of the molecule is Cc1cccc(C2(N3CCNCC3COc3cccnc3)NC(C=O)=CO2)c1. The summed E-state index contributed by atoms with van der Waals surface area (Å²) < 4.78 is 12.1. The molecule has 2 aliphatic rings. The van der Waals surface area contributed by atoms with Gasteiger partial charge in [0.05, 0.1) is 12.2 Å². The first-order valence-corrected chi connectivity index (χ1v) is 9.40. The van der Waals surface area contributed by atoms with Gasteiger partial charge in [-0.2, -0.15) is 0 Å². The lowest BCUT2D eigenvalue weighted by atomic mass is 10.0. The molecule has 0 radical (unpaired) electrons. The molecule has 2 atom stereocenters. The van der Waals surface area contributed by atoms with Crippen LogP contribution < -0.4 is 15.4 Å². The van der Waals surface area contributed by atoms with E-state index in [2.05, 4.69) is 26.6 Å². The normalized spacial score (nSPS) is 24.8. The smallest absolute Gasteiger partial charge is 0.268 e. The number of rotatable bonds is 6. The first-order chi connectivity index (χ1) is 13.7. The highest BCUT2D eigenvalue weighted by Gasteiger charge is 2.48. The fourth-order valence-corrected chi connectivity index (χ4v) is 3.71. The fourth-order valence-electron chi connectivity index (χ4n) is 3.71. The Kier molecular flexibility index (Phi) is 5.27. The summed E-state index contributed by atoms with van der Waals surface area (Å²) >= 11 is 0. The minimum absolute atomic E-state index is 0.0290. The number of aldehydes is 1. The van der Waals surface area contributed by atoms with E-state index in [0.717, 1.165) is 42.8 Å². The lowest BCUT2D eigenvalue weighted by Crippen LogP contribution is -2.65. The van der Waals surface area contributed by atoms with Gasteiger partial charge in [-0.15, -0.1) is 0 Å². The highest BCUT2D eigenvalue weighted by molar-refractivity contribution is 5.72. The van der Waals surface area contributed by atoms with Crippen LogP contribution in [0, 0.1) is 6.92 Å². The Morgan fingerprint density at radius 1 is 1.39 bits per heavy atom. The summed E-state index contributed by atoms with van der Waals surface area (Å²) in [6.07, 6.45) is 5.70. The second kappa shape index (κ2) is 8.00. The molecule has 0 spiro atoms. The molecule has 2 unspecified atom stereocenters.